The number of nitrogens with two attached hydrogens (primary N) is 1. The number of aromatic nitrogens is 2. The van der Waals surface area contributed by atoms with Crippen molar-refractivity contribution in [1.29, 1.82) is 0 Å². The minimum absolute atomic E-state index is 0. The molecule has 0 aliphatic carbocycles. The molecule has 1 aliphatic rings. The Labute approximate surface area is 165 Å². The van der Waals surface area contributed by atoms with Gasteiger partial charge in [0.2, 0.25) is 5.91 Å². The zero-order valence-corrected chi connectivity index (χ0v) is 16.4. The van der Waals surface area contributed by atoms with Crippen LogP contribution in [0.4, 0.5) is 5.82 Å². The Morgan fingerprint density at radius 2 is 1.78 bits per heavy atom. The average Bonchev–Trinajstić information content (AvgIpc) is 3.09. The normalized spacial score (nSPS) is 15.1. The van der Waals surface area contributed by atoms with Gasteiger partial charge in [-0.3, -0.25) is 9.59 Å². The standard InChI is InChI=1S/C19H25N5O2.ClH/c1-19(2,20)18(26)23-12-9-15(10-13-23)24-16(8-11-21-24)22-17(25)14-6-4-3-5-7-14;/h3-8,11,15H,9-10,12-13,20H2,1-2H3,(H,22,25);1H. The van der Waals surface area contributed by atoms with Crippen LogP contribution in [-0.2, 0) is 4.79 Å². The summed E-state index contributed by atoms with van der Waals surface area (Å²) in [5, 5.41) is 7.30. The summed E-state index contributed by atoms with van der Waals surface area (Å²) in [4.78, 5) is 26.5. The number of halogens is 1. The lowest BCUT2D eigenvalue weighted by molar-refractivity contribution is -0.137. The first-order valence-electron chi connectivity index (χ1n) is 8.84. The molecule has 2 amide bonds. The number of rotatable bonds is 4. The monoisotopic (exact) mass is 391 g/mol. The van der Waals surface area contributed by atoms with Gasteiger partial charge >= 0.3 is 0 Å². The lowest BCUT2D eigenvalue weighted by atomic mass is 10.0. The number of carbonyl (C=O) groups is 2. The quantitative estimate of drug-likeness (QED) is 0.837. The molecule has 0 unspecified atom stereocenters. The minimum Gasteiger partial charge on any atom is -0.341 e. The van der Waals surface area contributed by atoms with E-state index in [1.54, 1.807) is 38.2 Å². The molecule has 8 heteroatoms. The molecule has 7 nitrogen and oxygen atoms in total. The Kier molecular flexibility index (Phi) is 6.62. The van der Waals surface area contributed by atoms with Gasteiger partial charge in [-0.15, -0.1) is 12.4 Å². The molecular weight excluding hydrogens is 366 g/mol. The van der Waals surface area contributed by atoms with Crippen molar-refractivity contribution in [2.45, 2.75) is 38.3 Å². The van der Waals surface area contributed by atoms with Crippen LogP contribution in [0.15, 0.2) is 42.6 Å². The molecule has 146 valence electrons. The van der Waals surface area contributed by atoms with Gasteiger partial charge in [0.1, 0.15) is 5.82 Å². The molecule has 3 N–H and O–H groups in total. The summed E-state index contributed by atoms with van der Waals surface area (Å²) in [6.45, 7) is 4.73. The van der Waals surface area contributed by atoms with Crippen molar-refractivity contribution in [2.24, 2.45) is 5.73 Å². The molecule has 27 heavy (non-hydrogen) atoms. The first-order valence-corrected chi connectivity index (χ1v) is 8.84. The molecule has 1 fully saturated rings. The first kappa shape index (κ1) is 20.9. The van der Waals surface area contributed by atoms with E-state index in [2.05, 4.69) is 10.4 Å². The Hall–Kier alpha value is -2.38. The average molecular weight is 392 g/mol. The first-order chi connectivity index (χ1) is 12.4. The number of hydrogen-bond acceptors (Lipinski definition) is 4. The van der Waals surface area contributed by atoms with Gasteiger partial charge in [0.05, 0.1) is 17.8 Å². The van der Waals surface area contributed by atoms with Crippen LogP contribution in [0.1, 0.15) is 43.1 Å². The lowest BCUT2D eigenvalue weighted by Gasteiger charge is -2.36. The van der Waals surface area contributed by atoms with Crippen molar-refractivity contribution in [3.63, 3.8) is 0 Å². The topological polar surface area (TPSA) is 93.2 Å². The number of nitrogens with zero attached hydrogens (tertiary/aromatic N) is 3. The molecule has 1 saturated heterocycles. The fourth-order valence-electron chi connectivity index (χ4n) is 3.20. The molecular formula is C19H26ClN5O2. The fraction of sp³-hybridized carbons (Fsp3) is 0.421. The third kappa shape index (κ3) is 4.87. The molecule has 0 atom stereocenters. The Bertz CT molecular complexity index is 777. The van der Waals surface area contributed by atoms with Gasteiger partial charge in [0.15, 0.2) is 0 Å². The van der Waals surface area contributed by atoms with E-state index < -0.39 is 5.54 Å². The van der Waals surface area contributed by atoms with Crippen molar-refractivity contribution < 1.29 is 9.59 Å². The smallest absolute Gasteiger partial charge is 0.256 e. The summed E-state index contributed by atoms with van der Waals surface area (Å²) in [5.74, 6) is 0.474. The predicted octanol–water partition coefficient (Wildman–Crippen LogP) is 2.46. The Morgan fingerprint density at radius 1 is 1.15 bits per heavy atom. The second-order valence-electron chi connectivity index (χ2n) is 7.23. The molecule has 1 aliphatic heterocycles. The van der Waals surface area contributed by atoms with Gasteiger partial charge in [0, 0.05) is 24.7 Å². The van der Waals surface area contributed by atoms with Crippen LogP contribution in [-0.4, -0.2) is 45.1 Å². The molecule has 0 bridgehead atoms. The van der Waals surface area contributed by atoms with Crippen LogP contribution < -0.4 is 11.1 Å². The molecule has 0 radical (unpaired) electrons. The Morgan fingerprint density at radius 3 is 2.37 bits per heavy atom. The van der Waals surface area contributed by atoms with E-state index >= 15 is 0 Å². The molecule has 1 aromatic heterocycles. The van der Waals surface area contributed by atoms with Gasteiger partial charge in [-0.2, -0.15) is 5.10 Å². The van der Waals surface area contributed by atoms with E-state index in [9.17, 15) is 9.59 Å². The van der Waals surface area contributed by atoms with E-state index in [1.807, 2.05) is 27.8 Å². The van der Waals surface area contributed by atoms with E-state index in [4.69, 9.17) is 5.73 Å². The highest BCUT2D eigenvalue weighted by atomic mass is 35.5. The third-order valence-electron chi connectivity index (χ3n) is 4.60. The molecule has 2 heterocycles. The highest BCUT2D eigenvalue weighted by Gasteiger charge is 2.32. The third-order valence-corrected chi connectivity index (χ3v) is 4.60. The number of piperidine rings is 1. The highest BCUT2D eigenvalue weighted by Crippen LogP contribution is 2.26. The summed E-state index contributed by atoms with van der Waals surface area (Å²) in [5.41, 5.74) is 5.67. The number of carbonyl (C=O) groups excluding carboxylic acids is 2. The van der Waals surface area contributed by atoms with Crippen molar-refractivity contribution in [2.75, 3.05) is 18.4 Å². The summed E-state index contributed by atoms with van der Waals surface area (Å²) >= 11 is 0. The van der Waals surface area contributed by atoms with Crippen LogP contribution in [0.25, 0.3) is 0 Å². The van der Waals surface area contributed by atoms with Gasteiger partial charge < -0.3 is 16.0 Å². The van der Waals surface area contributed by atoms with E-state index in [0.29, 0.717) is 24.5 Å². The zero-order chi connectivity index (χ0) is 18.7. The maximum atomic E-state index is 12.4. The fourth-order valence-corrected chi connectivity index (χ4v) is 3.20. The molecule has 0 saturated carbocycles. The molecule has 0 spiro atoms. The van der Waals surface area contributed by atoms with Gasteiger partial charge in [-0.25, -0.2) is 4.68 Å². The van der Waals surface area contributed by atoms with Crippen molar-refractivity contribution in [1.82, 2.24) is 14.7 Å². The van der Waals surface area contributed by atoms with Crippen LogP contribution in [0, 0.1) is 0 Å². The highest BCUT2D eigenvalue weighted by molar-refractivity contribution is 6.03. The van der Waals surface area contributed by atoms with Crippen molar-refractivity contribution in [3.8, 4) is 0 Å². The lowest BCUT2D eigenvalue weighted by Crippen LogP contribution is -2.53. The second-order valence-corrected chi connectivity index (χ2v) is 7.23. The number of amides is 2. The summed E-state index contributed by atoms with van der Waals surface area (Å²) < 4.78 is 1.84. The van der Waals surface area contributed by atoms with Crippen LogP contribution >= 0.6 is 12.4 Å². The van der Waals surface area contributed by atoms with Crippen molar-refractivity contribution in [3.05, 3.63) is 48.2 Å². The van der Waals surface area contributed by atoms with Gasteiger partial charge in [0.25, 0.3) is 5.91 Å². The van der Waals surface area contributed by atoms with E-state index in [-0.39, 0.29) is 30.3 Å². The van der Waals surface area contributed by atoms with Crippen LogP contribution in [0.2, 0.25) is 0 Å². The minimum atomic E-state index is -0.854. The number of hydrogen-bond donors (Lipinski definition) is 2. The Balaban J connectivity index is 0.00000261. The maximum Gasteiger partial charge on any atom is 0.256 e. The number of anilines is 1. The molecule has 2 aromatic rings. The van der Waals surface area contributed by atoms with Crippen LogP contribution in [0.5, 0.6) is 0 Å². The number of nitrogens with one attached hydrogen (secondary N) is 1. The summed E-state index contributed by atoms with van der Waals surface area (Å²) in [7, 11) is 0. The number of likely N-dealkylation sites (tertiary alicyclic amines) is 1. The van der Waals surface area contributed by atoms with Gasteiger partial charge in [-0.05, 0) is 38.8 Å². The van der Waals surface area contributed by atoms with Crippen LogP contribution in [0.3, 0.4) is 0 Å². The SMILES string of the molecule is CC(C)(N)C(=O)N1CCC(n2nccc2NC(=O)c2ccccc2)CC1.Cl. The second kappa shape index (κ2) is 8.54. The predicted molar refractivity (Wildman–Crippen MR) is 107 cm³/mol. The van der Waals surface area contributed by atoms with E-state index in [0.717, 1.165) is 12.8 Å². The van der Waals surface area contributed by atoms with Gasteiger partial charge in [-0.1, -0.05) is 18.2 Å². The molecule has 3 rings (SSSR count). The van der Waals surface area contributed by atoms with Crippen molar-refractivity contribution >= 4 is 30.0 Å². The summed E-state index contributed by atoms with van der Waals surface area (Å²) in [6.07, 6.45) is 3.23. The number of benzene rings is 1. The maximum absolute atomic E-state index is 12.4. The summed E-state index contributed by atoms with van der Waals surface area (Å²) in [6, 6.07) is 11.0. The largest absolute Gasteiger partial charge is 0.341 e. The molecule has 1 aromatic carbocycles. The zero-order valence-electron chi connectivity index (χ0n) is 15.6. The van der Waals surface area contributed by atoms with E-state index in [1.165, 1.54) is 0 Å².